The van der Waals surface area contributed by atoms with Crippen LogP contribution in [0.5, 0.6) is 5.75 Å². The van der Waals surface area contributed by atoms with Gasteiger partial charge in [0.25, 0.3) is 0 Å². The predicted octanol–water partition coefficient (Wildman–Crippen LogP) is 2.58. The normalized spacial score (nSPS) is 11.5. The lowest BCUT2D eigenvalue weighted by molar-refractivity contribution is -0.141. The fourth-order valence-electron chi connectivity index (χ4n) is 2.28. The molecule has 0 fully saturated rings. The molecule has 0 aliphatic rings. The Morgan fingerprint density at radius 1 is 1.12 bits per heavy atom. The van der Waals surface area contributed by atoms with Crippen molar-refractivity contribution in [3.63, 3.8) is 0 Å². The molecule has 1 atom stereocenters. The van der Waals surface area contributed by atoms with Crippen molar-refractivity contribution in [3.8, 4) is 5.75 Å². The van der Waals surface area contributed by atoms with Gasteiger partial charge in [0.1, 0.15) is 11.8 Å². The molecule has 0 saturated heterocycles. The Morgan fingerprint density at radius 2 is 1.88 bits per heavy atom. The van der Waals surface area contributed by atoms with Crippen molar-refractivity contribution in [2.24, 2.45) is 0 Å². The maximum atomic E-state index is 12.0. The summed E-state index contributed by atoms with van der Waals surface area (Å²) >= 11 is 0. The van der Waals surface area contributed by atoms with Crippen molar-refractivity contribution in [2.75, 3.05) is 6.61 Å². The van der Waals surface area contributed by atoms with Crippen LogP contribution in [0.15, 0.2) is 54.6 Å². The van der Waals surface area contributed by atoms with Gasteiger partial charge in [0.05, 0.1) is 13.0 Å². The summed E-state index contributed by atoms with van der Waals surface area (Å²) in [5.74, 6) is -0.695. The number of hydrogen-bond acceptors (Lipinski definition) is 3. The van der Waals surface area contributed by atoms with E-state index >= 15 is 0 Å². The van der Waals surface area contributed by atoms with E-state index in [-0.39, 0.29) is 25.4 Å². The number of aryl methyl sites for hydroxylation is 1. The number of aliphatic carboxylic acids is 1. The largest absolute Gasteiger partial charge is 0.493 e. The molecular formula is C19H21NO4. The molecule has 2 N–H and O–H groups in total. The molecule has 0 bridgehead atoms. The van der Waals surface area contributed by atoms with Crippen molar-refractivity contribution in [1.29, 1.82) is 0 Å². The summed E-state index contributed by atoms with van der Waals surface area (Å²) in [6, 6.07) is 15.8. The predicted molar refractivity (Wildman–Crippen MR) is 91.0 cm³/mol. The number of rotatable bonds is 8. The number of amides is 1. The van der Waals surface area contributed by atoms with Crippen LogP contribution in [0.3, 0.4) is 0 Å². The molecule has 2 rings (SSSR count). The Kier molecular flexibility index (Phi) is 6.37. The number of carboxylic acids is 1. The Hall–Kier alpha value is -2.82. The third-order valence-electron chi connectivity index (χ3n) is 3.50. The molecule has 1 amide bonds. The van der Waals surface area contributed by atoms with E-state index in [2.05, 4.69) is 5.32 Å². The summed E-state index contributed by atoms with van der Waals surface area (Å²) in [6.45, 7) is 2.16. The highest BCUT2D eigenvalue weighted by Crippen LogP contribution is 2.12. The Bertz CT molecular complexity index is 685. The molecule has 0 unspecified atom stereocenters. The van der Waals surface area contributed by atoms with Crippen LogP contribution in [-0.4, -0.2) is 29.6 Å². The first kappa shape index (κ1) is 17.5. The summed E-state index contributed by atoms with van der Waals surface area (Å²) in [5, 5.41) is 11.8. The SMILES string of the molecule is Cc1cccc(OCCC(=O)N[C@@H](Cc2ccccc2)C(=O)O)c1. The van der Waals surface area contributed by atoms with Gasteiger partial charge in [0.15, 0.2) is 0 Å². The molecule has 0 aromatic heterocycles. The summed E-state index contributed by atoms with van der Waals surface area (Å²) in [7, 11) is 0. The lowest BCUT2D eigenvalue weighted by atomic mass is 10.1. The Labute approximate surface area is 141 Å². The van der Waals surface area contributed by atoms with Crippen LogP contribution in [0.1, 0.15) is 17.5 Å². The Morgan fingerprint density at radius 3 is 2.54 bits per heavy atom. The van der Waals surface area contributed by atoms with E-state index in [0.29, 0.717) is 5.75 Å². The van der Waals surface area contributed by atoms with Gasteiger partial charge in [-0.3, -0.25) is 4.79 Å². The van der Waals surface area contributed by atoms with Crippen LogP contribution in [-0.2, 0) is 16.0 Å². The lowest BCUT2D eigenvalue weighted by Gasteiger charge is -2.15. The van der Waals surface area contributed by atoms with Gasteiger partial charge in [-0.2, -0.15) is 0 Å². The van der Waals surface area contributed by atoms with Crippen LogP contribution in [0.2, 0.25) is 0 Å². The molecule has 24 heavy (non-hydrogen) atoms. The number of carbonyl (C=O) groups is 2. The third-order valence-corrected chi connectivity index (χ3v) is 3.50. The minimum absolute atomic E-state index is 0.104. The maximum Gasteiger partial charge on any atom is 0.326 e. The fraction of sp³-hybridized carbons (Fsp3) is 0.263. The topological polar surface area (TPSA) is 75.6 Å². The van der Waals surface area contributed by atoms with Crippen LogP contribution in [0.4, 0.5) is 0 Å². The zero-order chi connectivity index (χ0) is 17.4. The van der Waals surface area contributed by atoms with E-state index in [4.69, 9.17) is 4.74 Å². The molecule has 0 spiro atoms. The molecule has 0 heterocycles. The van der Waals surface area contributed by atoms with Crippen LogP contribution in [0, 0.1) is 6.92 Å². The second kappa shape index (κ2) is 8.72. The Balaban J connectivity index is 1.81. The zero-order valence-corrected chi connectivity index (χ0v) is 13.6. The van der Waals surface area contributed by atoms with E-state index in [0.717, 1.165) is 11.1 Å². The average molecular weight is 327 g/mol. The molecule has 5 nitrogen and oxygen atoms in total. The second-order valence-corrected chi connectivity index (χ2v) is 5.56. The number of carbonyl (C=O) groups excluding carboxylic acids is 1. The molecule has 2 aromatic rings. The fourth-order valence-corrected chi connectivity index (χ4v) is 2.28. The van der Waals surface area contributed by atoms with Crippen molar-refractivity contribution >= 4 is 11.9 Å². The van der Waals surface area contributed by atoms with E-state index in [1.165, 1.54) is 0 Å². The highest BCUT2D eigenvalue weighted by atomic mass is 16.5. The summed E-state index contributed by atoms with van der Waals surface area (Å²) in [5.41, 5.74) is 1.94. The number of nitrogens with one attached hydrogen (secondary N) is 1. The highest BCUT2D eigenvalue weighted by Gasteiger charge is 2.20. The van der Waals surface area contributed by atoms with Crippen LogP contribution < -0.4 is 10.1 Å². The third kappa shape index (κ3) is 5.76. The van der Waals surface area contributed by atoms with Crippen LogP contribution >= 0.6 is 0 Å². The van der Waals surface area contributed by atoms with Gasteiger partial charge in [-0.05, 0) is 30.2 Å². The van der Waals surface area contributed by atoms with Gasteiger partial charge >= 0.3 is 5.97 Å². The van der Waals surface area contributed by atoms with Crippen LogP contribution in [0.25, 0.3) is 0 Å². The van der Waals surface area contributed by atoms with Gasteiger partial charge in [-0.1, -0.05) is 42.5 Å². The summed E-state index contributed by atoms with van der Waals surface area (Å²) in [6.07, 6.45) is 0.354. The van der Waals surface area contributed by atoms with Gasteiger partial charge in [0, 0.05) is 6.42 Å². The molecule has 0 aliphatic heterocycles. The molecule has 2 aromatic carbocycles. The maximum absolute atomic E-state index is 12.0. The average Bonchev–Trinajstić information content (AvgIpc) is 2.55. The van der Waals surface area contributed by atoms with E-state index in [9.17, 15) is 14.7 Å². The molecule has 0 saturated carbocycles. The zero-order valence-electron chi connectivity index (χ0n) is 13.6. The first-order chi connectivity index (χ1) is 11.5. The summed E-state index contributed by atoms with van der Waals surface area (Å²) < 4.78 is 5.51. The van der Waals surface area contributed by atoms with Gasteiger partial charge in [0.2, 0.25) is 5.91 Å². The standard InChI is InChI=1S/C19H21NO4/c1-14-6-5-9-16(12-14)24-11-10-18(21)20-17(19(22)23)13-15-7-3-2-4-8-15/h2-9,12,17H,10-11,13H2,1H3,(H,20,21)(H,22,23)/t17-/m0/s1. The summed E-state index contributed by atoms with van der Waals surface area (Å²) in [4.78, 5) is 23.3. The second-order valence-electron chi connectivity index (χ2n) is 5.56. The number of carboxylic acid groups (broad SMARTS) is 1. The van der Waals surface area contributed by atoms with Gasteiger partial charge < -0.3 is 15.2 Å². The molecule has 126 valence electrons. The smallest absolute Gasteiger partial charge is 0.326 e. The van der Waals surface area contributed by atoms with E-state index < -0.39 is 12.0 Å². The van der Waals surface area contributed by atoms with E-state index in [1.807, 2.05) is 61.5 Å². The van der Waals surface area contributed by atoms with Crippen molar-refractivity contribution in [1.82, 2.24) is 5.32 Å². The number of hydrogen-bond donors (Lipinski definition) is 2. The minimum atomic E-state index is -1.05. The van der Waals surface area contributed by atoms with Crippen molar-refractivity contribution in [3.05, 3.63) is 65.7 Å². The van der Waals surface area contributed by atoms with Crippen molar-refractivity contribution < 1.29 is 19.4 Å². The quantitative estimate of drug-likeness (QED) is 0.781. The van der Waals surface area contributed by atoms with Gasteiger partial charge in [-0.15, -0.1) is 0 Å². The first-order valence-corrected chi connectivity index (χ1v) is 7.80. The first-order valence-electron chi connectivity index (χ1n) is 7.80. The molecule has 5 heteroatoms. The molecule has 0 radical (unpaired) electrons. The van der Waals surface area contributed by atoms with Crippen molar-refractivity contribution in [2.45, 2.75) is 25.8 Å². The van der Waals surface area contributed by atoms with Gasteiger partial charge in [-0.25, -0.2) is 4.79 Å². The number of ether oxygens (including phenoxy) is 1. The highest BCUT2D eigenvalue weighted by molar-refractivity contribution is 5.83. The number of benzene rings is 2. The monoisotopic (exact) mass is 327 g/mol. The molecule has 0 aliphatic carbocycles. The van der Waals surface area contributed by atoms with E-state index in [1.54, 1.807) is 0 Å². The minimum Gasteiger partial charge on any atom is -0.493 e. The molecular weight excluding hydrogens is 306 g/mol. The lowest BCUT2D eigenvalue weighted by Crippen LogP contribution is -2.42.